The highest BCUT2D eigenvalue weighted by Crippen LogP contribution is 2.27. The van der Waals surface area contributed by atoms with Gasteiger partial charge in [-0.25, -0.2) is 4.98 Å². The van der Waals surface area contributed by atoms with Crippen molar-refractivity contribution in [2.45, 2.75) is 16.8 Å². The molecule has 0 fully saturated rings. The molecule has 0 unspecified atom stereocenters. The number of aromatic amines is 1. The average molecular weight is 225 g/mol. The Labute approximate surface area is 91.7 Å². The number of aromatic nitrogens is 2. The third-order valence-electron chi connectivity index (χ3n) is 1.70. The minimum atomic E-state index is 0.756. The molecule has 0 aliphatic carbocycles. The van der Waals surface area contributed by atoms with E-state index in [4.69, 9.17) is 11.6 Å². The minimum absolute atomic E-state index is 0.756. The van der Waals surface area contributed by atoms with E-state index in [1.165, 1.54) is 0 Å². The quantitative estimate of drug-likeness (QED) is 0.846. The average Bonchev–Trinajstić information content (AvgIpc) is 2.51. The zero-order valence-electron chi connectivity index (χ0n) is 7.62. The van der Waals surface area contributed by atoms with Gasteiger partial charge in [0.15, 0.2) is 0 Å². The molecule has 0 atom stereocenters. The van der Waals surface area contributed by atoms with Gasteiger partial charge in [-0.05, 0) is 25.1 Å². The number of rotatable bonds is 2. The summed E-state index contributed by atoms with van der Waals surface area (Å²) in [5.41, 5.74) is 0. The fraction of sp³-hybridized carbons (Fsp3) is 0.100. The molecule has 0 saturated heterocycles. The number of aryl methyl sites for hydroxylation is 1. The van der Waals surface area contributed by atoms with Crippen LogP contribution in [0.2, 0.25) is 5.02 Å². The first kappa shape index (κ1) is 9.62. The Morgan fingerprint density at radius 3 is 2.93 bits per heavy atom. The topological polar surface area (TPSA) is 28.7 Å². The van der Waals surface area contributed by atoms with Crippen molar-refractivity contribution in [1.82, 2.24) is 9.97 Å². The number of imidazole rings is 1. The molecule has 0 radical (unpaired) electrons. The second-order valence-corrected chi connectivity index (χ2v) is 4.44. The number of hydrogen-bond acceptors (Lipinski definition) is 2. The Morgan fingerprint density at radius 2 is 2.29 bits per heavy atom. The van der Waals surface area contributed by atoms with Crippen LogP contribution in [-0.4, -0.2) is 9.97 Å². The standard InChI is InChI=1S/C10H9ClN2S/c1-7-12-6-10(13-7)14-9-4-2-3-8(11)5-9/h2-6H,1H3,(H,12,13). The first-order valence-electron chi connectivity index (χ1n) is 4.19. The Hall–Kier alpha value is -0.930. The summed E-state index contributed by atoms with van der Waals surface area (Å²) >= 11 is 7.50. The van der Waals surface area contributed by atoms with Crippen molar-refractivity contribution in [3.63, 3.8) is 0 Å². The monoisotopic (exact) mass is 224 g/mol. The van der Waals surface area contributed by atoms with Gasteiger partial charge in [-0.3, -0.25) is 0 Å². The molecule has 0 aliphatic rings. The molecule has 2 aromatic rings. The number of benzene rings is 1. The van der Waals surface area contributed by atoms with Crippen LogP contribution < -0.4 is 0 Å². The van der Waals surface area contributed by atoms with Crippen molar-refractivity contribution in [2.24, 2.45) is 0 Å². The van der Waals surface area contributed by atoms with Gasteiger partial charge in [-0.2, -0.15) is 0 Å². The van der Waals surface area contributed by atoms with E-state index in [1.807, 2.05) is 37.4 Å². The normalized spacial score (nSPS) is 10.4. The second-order valence-electron chi connectivity index (χ2n) is 2.89. The fourth-order valence-electron chi connectivity index (χ4n) is 1.11. The number of nitrogens with zero attached hydrogens (tertiary/aromatic N) is 1. The van der Waals surface area contributed by atoms with E-state index >= 15 is 0 Å². The lowest BCUT2D eigenvalue weighted by Gasteiger charge is -1.98. The Balaban J connectivity index is 2.18. The fourth-order valence-corrected chi connectivity index (χ4v) is 2.25. The van der Waals surface area contributed by atoms with Gasteiger partial charge in [0.1, 0.15) is 5.82 Å². The van der Waals surface area contributed by atoms with Crippen molar-refractivity contribution in [1.29, 1.82) is 0 Å². The van der Waals surface area contributed by atoms with Crippen LogP contribution in [0.4, 0.5) is 0 Å². The maximum atomic E-state index is 5.88. The van der Waals surface area contributed by atoms with Gasteiger partial charge in [0.2, 0.25) is 0 Å². The molecule has 4 heteroatoms. The molecule has 1 aromatic carbocycles. The van der Waals surface area contributed by atoms with E-state index in [2.05, 4.69) is 9.97 Å². The van der Waals surface area contributed by atoms with Gasteiger partial charge in [0.05, 0.1) is 11.2 Å². The van der Waals surface area contributed by atoms with Crippen LogP contribution in [0.3, 0.4) is 0 Å². The van der Waals surface area contributed by atoms with Crippen LogP contribution in [0, 0.1) is 6.92 Å². The number of nitrogens with one attached hydrogen (secondary N) is 1. The van der Waals surface area contributed by atoms with Gasteiger partial charge < -0.3 is 4.98 Å². The maximum Gasteiger partial charge on any atom is 0.103 e. The summed E-state index contributed by atoms with van der Waals surface area (Å²) in [7, 11) is 0. The lowest BCUT2D eigenvalue weighted by Crippen LogP contribution is -1.74. The largest absolute Gasteiger partial charge is 0.337 e. The molecule has 14 heavy (non-hydrogen) atoms. The second kappa shape index (κ2) is 4.07. The van der Waals surface area contributed by atoms with Crippen LogP contribution in [0.5, 0.6) is 0 Å². The molecule has 1 N–H and O–H groups in total. The molecule has 2 rings (SSSR count). The van der Waals surface area contributed by atoms with Gasteiger partial charge in [-0.1, -0.05) is 29.4 Å². The van der Waals surface area contributed by atoms with E-state index in [0.717, 1.165) is 20.8 Å². The molecule has 1 heterocycles. The highest BCUT2D eigenvalue weighted by molar-refractivity contribution is 7.99. The van der Waals surface area contributed by atoms with Crippen LogP contribution in [0.15, 0.2) is 40.4 Å². The molecule has 0 bridgehead atoms. The van der Waals surface area contributed by atoms with E-state index < -0.39 is 0 Å². The lowest BCUT2D eigenvalue weighted by molar-refractivity contribution is 1.10. The number of halogens is 1. The van der Waals surface area contributed by atoms with E-state index in [1.54, 1.807) is 11.8 Å². The van der Waals surface area contributed by atoms with E-state index in [-0.39, 0.29) is 0 Å². The first-order chi connectivity index (χ1) is 6.74. The SMILES string of the molecule is Cc1ncc(Sc2cccc(Cl)c2)[nH]1. The van der Waals surface area contributed by atoms with Gasteiger partial charge >= 0.3 is 0 Å². The molecule has 72 valence electrons. The summed E-state index contributed by atoms with van der Waals surface area (Å²) in [4.78, 5) is 8.39. The zero-order chi connectivity index (χ0) is 9.97. The molecule has 1 aromatic heterocycles. The first-order valence-corrected chi connectivity index (χ1v) is 5.38. The van der Waals surface area contributed by atoms with Crippen molar-refractivity contribution >= 4 is 23.4 Å². The third-order valence-corrected chi connectivity index (χ3v) is 2.86. The molecular weight excluding hydrogens is 216 g/mol. The van der Waals surface area contributed by atoms with Crippen molar-refractivity contribution < 1.29 is 0 Å². The van der Waals surface area contributed by atoms with Crippen molar-refractivity contribution in [3.8, 4) is 0 Å². The predicted octanol–water partition coefficient (Wildman–Crippen LogP) is 3.52. The highest BCUT2D eigenvalue weighted by Gasteiger charge is 2.00. The summed E-state index contributed by atoms with van der Waals surface area (Å²) in [6, 6.07) is 7.76. The molecule has 0 spiro atoms. The highest BCUT2D eigenvalue weighted by atomic mass is 35.5. The smallest absolute Gasteiger partial charge is 0.103 e. The van der Waals surface area contributed by atoms with Crippen molar-refractivity contribution in [2.75, 3.05) is 0 Å². The summed E-state index contributed by atoms with van der Waals surface area (Å²) in [6.07, 6.45) is 1.82. The summed E-state index contributed by atoms with van der Waals surface area (Å²) in [5, 5.41) is 1.79. The van der Waals surface area contributed by atoms with Crippen LogP contribution in [-0.2, 0) is 0 Å². The Morgan fingerprint density at radius 1 is 1.43 bits per heavy atom. The minimum Gasteiger partial charge on any atom is -0.337 e. The molecule has 0 saturated carbocycles. The molecule has 2 nitrogen and oxygen atoms in total. The van der Waals surface area contributed by atoms with Gasteiger partial charge in [0.25, 0.3) is 0 Å². The summed E-state index contributed by atoms with van der Waals surface area (Å²) < 4.78 is 0. The van der Waals surface area contributed by atoms with E-state index in [9.17, 15) is 0 Å². The number of hydrogen-bond donors (Lipinski definition) is 1. The Bertz CT molecular complexity index is 439. The lowest BCUT2D eigenvalue weighted by atomic mass is 10.4. The van der Waals surface area contributed by atoms with Crippen LogP contribution in [0.25, 0.3) is 0 Å². The maximum absolute atomic E-state index is 5.88. The molecular formula is C10H9ClN2S. The van der Waals surface area contributed by atoms with Gasteiger partial charge in [-0.15, -0.1) is 0 Å². The van der Waals surface area contributed by atoms with Crippen LogP contribution in [0.1, 0.15) is 5.82 Å². The summed E-state index contributed by atoms with van der Waals surface area (Å²) in [6.45, 7) is 1.93. The third kappa shape index (κ3) is 2.30. The predicted molar refractivity (Wildman–Crippen MR) is 58.9 cm³/mol. The summed E-state index contributed by atoms with van der Waals surface area (Å²) in [5.74, 6) is 0.925. The molecule has 0 amide bonds. The van der Waals surface area contributed by atoms with Gasteiger partial charge in [0, 0.05) is 9.92 Å². The Kier molecular flexibility index (Phi) is 2.79. The number of H-pyrrole nitrogens is 1. The van der Waals surface area contributed by atoms with Crippen molar-refractivity contribution in [3.05, 3.63) is 41.3 Å². The van der Waals surface area contributed by atoms with E-state index in [0.29, 0.717) is 0 Å². The molecule has 0 aliphatic heterocycles. The zero-order valence-corrected chi connectivity index (χ0v) is 9.19. The van der Waals surface area contributed by atoms with Crippen LogP contribution >= 0.6 is 23.4 Å².